The van der Waals surface area contributed by atoms with E-state index < -0.39 is 0 Å². The van der Waals surface area contributed by atoms with Gasteiger partial charge in [0.1, 0.15) is 19.0 Å². The van der Waals surface area contributed by atoms with E-state index in [0.717, 1.165) is 40.4 Å². The molecule has 0 bridgehead atoms. The highest BCUT2D eigenvalue weighted by Gasteiger charge is 2.14. The molecule has 0 aromatic heterocycles. The van der Waals surface area contributed by atoms with Crippen LogP contribution in [0.3, 0.4) is 0 Å². The number of methoxy groups -OCH3 is 1. The molecule has 1 aliphatic heterocycles. The van der Waals surface area contributed by atoms with Crippen LogP contribution in [-0.2, 0) is 13.0 Å². The fraction of sp³-hybridized carbons (Fsp3) is 0.250. The van der Waals surface area contributed by atoms with E-state index in [-0.39, 0.29) is 0 Å². The average molecular weight is 377 g/mol. The van der Waals surface area contributed by atoms with Gasteiger partial charge in [-0.3, -0.25) is 0 Å². The predicted octanol–water partition coefficient (Wildman–Crippen LogP) is 4.84. The van der Waals surface area contributed by atoms with Crippen LogP contribution in [0.15, 0.2) is 66.7 Å². The Labute approximate surface area is 166 Å². The van der Waals surface area contributed by atoms with Gasteiger partial charge in [0.25, 0.3) is 0 Å². The van der Waals surface area contributed by atoms with Gasteiger partial charge in [-0.2, -0.15) is 0 Å². The highest BCUT2D eigenvalue weighted by Crippen LogP contribution is 2.38. The first-order valence-corrected chi connectivity index (χ1v) is 9.56. The van der Waals surface area contributed by atoms with Crippen LogP contribution in [0.25, 0.3) is 11.1 Å². The molecule has 3 aromatic rings. The van der Waals surface area contributed by atoms with Gasteiger partial charge < -0.3 is 19.9 Å². The van der Waals surface area contributed by atoms with Gasteiger partial charge in [-0.05, 0) is 47.4 Å². The van der Waals surface area contributed by atoms with Crippen molar-refractivity contribution in [1.29, 1.82) is 0 Å². The molecule has 0 saturated carbocycles. The van der Waals surface area contributed by atoms with Crippen LogP contribution in [0.1, 0.15) is 18.1 Å². The van der Waals surface area contributed by atoms with Gasteiger partial charge in [0.05, 0.1) is 7.11 Å². The molecule has 4 rings (SSSR count). The van der Waals surface area contributed by atoms with Crippen molar-refractivity contribution in [3.05, 3.63) is 77.9 Å². The maximum atomic E-state index is 5.71. The molecule has 3 aromatic carbocycles. The monoisotopic (exact) mass is 377 g/mol. The van der Waals surface area contributed by atoms with Crippen LogP contribution >= 0.6 is 0 Å². The van der Waals surface area contributed by atoms with Crippen LogP contribution in [0.5, 0.6) is 17.2 Å². The van der Waals surface area contributed by atoms with E-state index in [1.807, 2.05) is 42.5 Å². The predicted molar refractivity (Wildman–Crippen MR) is 113 cm³/mol. The first-order chi connectivity index (χ1) is 13.7. The fourth-order valence-corrected chi connectivity index (χ4v) is 3.03. The third-order valence-electron chi connectivity index (χ3n) is 4.60. The molecule has 146 valence electrons. The minimum Gasteiger partial charge on any atom is -0.496 e. The number of hydrogen-bond donors (Lipinski definition) is 1. The second kappa shape index (κ2) is 9.81. The third kappa shape index (κ3) is 4.84. The summed E-state index contributed by atoms with van der Waals surface area (Å²) in [6, 6.07) is 22.3. The Morgan fingerprint density at radius 3 is 2.25 bits per heavy atom. The molecule has 0 fully saturated rings. The van der Waals surface area contributed by atoms with E-state index in [1.54, 1.807) is 7.11 Å². The molecule has 0 radical (unpaired) electrons. The van der Waals surface area contributed by atoms with Gasteiger partial charge >= 0.3 is 0 Å². The number of nitrogens with two attached hydrogens (primary N) is 1. The smallest absolute Gasteiger partial charge is 0.161 e. The van der Waals surface area contributed by atoms with Crippen molar-refractivity contribution in [2.24, 2.45) is 5.73 Å². The molecule has 4 nitrogen and oxygen atoms in total. The molecule has 1 aliphatic rings. The summed E-state index contributed by atoms with van der Waals surface area (Å²) in [6.07, 6.45) is 1.14. The minimum absolute atomic E-state index is 0.502. The van der Waals surface area contributed by atoms with Crippen LogP contribution in [0.4, 0.5) is 0 Å². The number of benzene rings is 3. The zero-order valence-corrected chi connectivity index (χ0v) is 16.5. The zero-order chi connectivity index (χ0) is 19.8. The molecular weight excluding hydrogens is 350 g/mol. The fourth-order valence-electron chi connectivity index (χ4n) is 3.03. The Morgan fingerprint density at radius 2 is 1.61 bits per heavy atom. The summed E-state index contributed by atoms with van der Waals surface area (Å²) < 4.78 is 16.6. The number of fused-ring (bicyclic) bond motifs is 1. The van der Waals surface area contributed by atoms with Gasteiger partial charge in [-0.25, -0.2) is 0 Å². The summed E-state index contributed by atoms with van der Waals surface area (Å²) in [7, 11) is 1.67. The van der Waals surface area contributed by atoms with E-state index in [0.29, 0.717) is 19.8 Å². The first kappa shape index (κ1) is 19.8. The van der Waals surface area contributed by atoms with Crippen molar-refractivity contribution in [3.8, 4) is 28.4 Å². The Hall–Kier alpha value is -2.98. The summed E-state index contributed by atoms with van der Waals surface area (Å²) >= 11 is 0. The maximum Gasteiger partial charge on any atom is 0.161 e. The van der Waals surface area contributed by atoms with Gasteiger partial charge in [0.15, 0.2) is 11.5 Å². The Kier molecular flexibility index (Phi) is 6.93. The van der Waals surface area contributed by atoms with Crippen LogP contribution in [0.2, 0.25) is 0 Å². The van der Waals surface area contributed by atoms with Crippen LogP contribution < -0.4 is 19.9 Å². The Bertz CT molecular complexity index is 894. The maximum absolute atomic E-state index is 5.71. The lowest BCUT2D eigenvalue weighted by Gasteiger charge is -2.19. The summed E-state index contributed by atoms with van der Waals surface area (Å²) in [5.74, 6) is 2.38. The second-order valence-electron chi connectivity index (χ2n) is 6.44. The van der Waals surface area contributed by atoms with Gasteiger partial charge in [-0.1, -0.05) is 49.4 Å². The molecule has 0 saturated heterocycles. The number of hydrogen-bond acceptors (Lipinski definition) is 4. The summed E-state index contributed by atoms with van der Waals surface area (Å²) in [6.45, 7) is 3.84. The Balaban J connectivity index is 0.000000236. The third-order valence-corrected chi connectivity index (χ3v) is 4.60. The standard InChI is InChI=1S/C16H17NO3.C8H10/c1-18-14-4-2-11(10-17)8-13(14)12-3-5-15-16(9-12)20-7-6-19-15;1-2-8-6-4-3-5-7-8/h2-5,8-9H,6-7,10,17H2,1H3;3-7H,2H2,1H3. The molecule has 0 spiro atoms. The van der Waals surface area contributed by atoms with E-state index in [9.17, 15) is 0 Å². The Morgan fingerprint density at radius 1 is 0.857 bits per heavy atom. The minimum atomic E-state index is 0.502. The van der Waals surface area contributed by atoms with Crippen molar-refractivity contribution in [2.45, 2.75) is 19.9 Å². The van der Waals surface area contributed by atoms with Gasteiger partial charge in [-0.15, -0.1) is 0 Å². The highest BCUT2D eigenvalue weighted by molar-refractivity contribution is 5.73. The highest BCUT2D eigenvalue weighted by atomic mass is 16.6. The summed E-state index contributed by atoms with van der Waals surface area (Å²) in [5, 5.41) is 0. The number of ether oxygens (including phenoxy) is 3. The van der Waals surface area contributed by atoms with Crippen LogP contribution in [-0.4, -0.2) is 20.3 Å². The molecule has 2 N–H and O–H groups in total. The molecule has 0 atom stereocenters. The van der Waals surface area contributed by atoms with Crippen molar-refractivity contribution in [2.75, 3.05) is 20.3 Å². The van der Waals surface area contributed by atoms with E-state index >= 15 is 0 Å². The second-order valence-corrected chi connectivity index (χ2v) is 6.44. The molecule has 0 unspecified atom stereocenters. The van der Waals surface area contributed by atoms with Gasteiger partial charge in [0, 0.05) is 12.1 Å². The largest absolute Gasteiger partial charge is 0.496 e. The lowest BCUT2D eigenvalue weighted by molar-refractivity contribution is 0.171. The zero-order valence-electron chi connectivity index (χ0n) is 16.5. The summed E-state index contributed by atoms with van der Waals surface area (Å²) in [4.78, 5) is 0. The molecule has 0 amide bonds. The lowest BCUT2D eigenvalue weighted by atomic mass is 10.0. The molecule has 0 aliphatic carbocycles. The first-order valence-electron chi connectivity index (χ1n) is 9.56. The number of rotatable bonds is 4. The quantitative estimate of drug-likeness (QED) is 0.707. The molecule has 4 heteroatoms. The normalized spacial score (nSPS) is 12.0. The van der Waals surface area contributed by atoms with Crippen molar-refractivity contribution < 1.29 is 14.2 Å². The van der Waals surface area contributed by atoms with E-state index in [1.165, 1.54) is 5.56 Å². The molecule has 1 heterocycles. The van der Waals surface area contributed by atoms with Crippen LogP contribution in [0, 0.1) is 0 Å². The van der Waals surface area contributed by atoms with E-state index in [2.05, 4.69) is 31.2 Å². The average Bonchev–Trinajstić information content (AvgIpc) is 2.79. The van der Waals surface area contributed by atoms with Crippen molar-refractivity contribution in [3.63, 3.8) is 0 Å². The lowest BCUT2D eigenvalue weighted by Crippen LogP contribution is -2.15. The van der Waals surface area contributed by atoms with Gasteiger partial charge in [0.2, 0.25) is 0 Å². The SMILES string of the molecule is CCc1ccccc1.COc1ccc(CN)cc1-c1ccc2c(c1)OCCO2. The van der Waals surface area contributed by atoms with E-state index in [4.69, 9.17) is 19.9 Å². The molecule has 28 heavy (non-hydrogen) atoms. The molecular formula is C24H27NO3. The topological polar surface area (TPSA) is 53.7 Å². The van der Waals surface area contributed by atoms with Crippen molar-refractivity contribution in [1.82, 2.24) is 0 Å². The number of aryl methyl sites for hydroxylation is 1. The summed E-state index contributed by atoms with van der Waals surface area (Å²) in [5.41, 5.74) is 10.2. The van der Waals surface area contributed by atoms with Crippen molar-refractivity contribution >= 4 is 0 Å².